The lowest BCUT2D eigenvalue weighted by Gasteiger charge is -2.04. The van der Waals surface area contributed by atoms with Crippen LogP contribution in [-0.4, -0.2) is 28.9 Å². The summed E-state index contributed by atoms with van der Waals surface area (Å²) in [5, 5.41) is 11.5. The number of thiazole rings is 1. The molecule has 1 amide bonds. The largest absolute Gasteiger partial charge is 0.396 e. The standard InChI is InChI=1S/C13H16N2O2S2/c1-18-13-15-10-6-5-9(8-11(10)19-13)14-12(17)4-2-3-7-16/h5-6,8,16H,2-4,7H2,1H3,(H,14,17). The zero-order chi connectivity index (χ0) is 13.7. The molecule has 1 heterocycles. The molecule has 0 saturated carbocycles. The van der Waals surface area contributed by atoms with Crippen molar-refractivity contribution in [2.24, 2.45) is 0 Å². The van der Waals surface area contributed by atoms with Gasteiger partial charge in [-0.2, -0.15) is 0 Å². The molecule has 19 heavy (non-hydrogen) atoms. The van der Waals surface area contributed by atoms with Gasteiger partial charge in [0.2, 0.25) is 5.91 Å². The minimum Gasteiger partial charge on any atom is -0.396 e. The molecule has 0 saturated heterocycles. The van der Waals surface area contributed by atoms with Crippen LogP contribution in [0.3, 0.4) is 0 Å². The van der Waals surface area contributed by atoms with Gasteiger partial charge >= 0.3 is 0 Å². The molecule has 0 atom stereocenters. The van der Waals surface area contributed by atoms with Crippen LogP contribution < -0.4 is 5.32 Å². The van der Waals surface area contributed by atoms with Gasteiger partial charge in [-0.3, -0.25) is 4.79 Å². The van der Waals surface area contributed by atoms with Crippen LogP contribution in [0.15, 0.2) is 22.5 Å². The molecule has 6 heteroatoms. The maximum atomic E-state index is 11.7. The molecule has 0 fully saturated rings. The predicted octanol–water partition coefficient (Wildman–Crippen LogP) is 3.12. The van der Waals surface area contributed by atoms with E-state index in [9.17, 15) is 4.79 Å². The number of amides is 1. The number of hydrogen-bond donors (Lipinski definition) is 2. The Morgan fingerprint density at radius 1 is 1.47 bits per heavy atom. The maximum Gasteiger partial charge on any atom is 0.224 e. The van der Waals surface area contributed by atoms with Gasteiger partial charge in [0, 0.05) is 18.7 Å². The van der Waals surface area contributed by atoms with E-state index in [1.165, 1.54) is 0 Å². The second-order valence-electron chi connectivity index (χ2n) is 4.10. The average Bonchev–Trinajstić information content (AvgIpc) is 2.81. The number of unbranched alkanes of at least 4 members (excludes halogenated alkanes) is 1. The lowest BCUT2D eigenvalue weighted by atomic mass is 10.2. The summed E-state index contributed by atoms with van der Waals surface area (Å²) in [6.45, 7) is 0.136. The van der Waals surface area contributed by atoms with Gasteiger partial charge in [-0.15, -0.1) is 11.3 Å². The molecule has 0 unspecified atom stereocenters. The number of rotatable bonds is 6. The van der Waals surface area contributed by atoms with Crippen molar-refractivity contribution < 1.29 is 9.90 Å². The Morgan fingerprint density at radius 2 is 2.32 bits per heavy atom. The number of hydrogen-bond acceptors (Lipinski definition) is 5. The smallest absolute Gasteiger partial charge is 0.224 e. The van der Waals surface area contributed by atoms with Gasteiger partial charge in [0.25, 0.3) is 0 Å². The fourth-order valence-corrected chi connectivity index (χ4v) is 3.22. The van der Waals surface area contributed by atoms with Gasteiger partial charge < -0.3 is 10.4 Å². The summed E-state index contributed by atoms with van der Waals surface area (Å²) in [4.78, 5) is 16.1. The summed E-state index contributed by atoms with van der Waals surface area (Å²) in [6, 6.07) is 5.75. The van der Waals surface area contributed by atoms with Crippen LogP contribution in [0.2, 0.25) is 0 Å². The molecule has 0 aliphatic carbocycles. The number of nitrogens with one attached hydrogen (secondary N) is 1. The number of nitrogens with zero attached hydrogens (tertiary/aromatic N) is 1. The van der Waals surface area contributed by atoms with Crippen molar-refractivity contribution in [2.45, 2.75) is 23.6 Å². The first kappa shape index (κ1) is 14.3. The summed E-state index contributed by atoms with van der Waals surface area (Å²) in [5.41, 5.74) is 1.77. The maximum absolute atomic E-state index is 11.7. The third-order valence-corrected chi connectivity index (χ3v) is 4.64. The fourth-order valence-electron chi connectivity index (χ4n) is 1.69. The molecule has 0 aliphatic rings. The SMILES string of the molecule is CSc1nc2ccc(NC(=O)CCCCO)cc2s1. The summed E-state index contributed by atoms with van der Waals surface area (Å²) >= 11 is 3.25. The Labute approximate surface area is 120 Å². The highest BCUT2D eigenvalue weighted by Gasteiger charge is 2.06. The molecule has 0 bridgehead atoms. The fraction of sp³-hybridized carbons (Fsp3) is 0.385. The molecule has 2 aromatic rings. The van der Waals surface area contributed by atoms with Crippen LogP contribution in [0.25, 0.3) is 10.2 Å². The van der Waals surface area contributed by atoms with Crippen LogP contribution in [0, 0.1) is 0 Å². The first-order valence-electron chi connectivity index (χ1n) is 6.08. The van der Waals surface area contributed by atoms with Crippen molar-refractivity contribution in [3.8, 4) is 0 Å². The minimum absolute atomic E-state index is 0.0117. The van der Waals surface area contributed by atoms with E-state index in [0.29, 0.717) is 19.3 Å². The summed E-state index contributed by atoms with van der Waals surface area (Å²) in [6.07, 6.45) is 3.82. The van der Waals surface area contributed by atoms with Gasteiger partial charge in [0.05, 0.1) is 10.2 Å². The van der Waals surface area contributed by atoms with Crippen molar-refractivity contribution in [3.05, 3.63) is 18.2 Å². The zero-order valence-electron chi connectivity index (χ0n) is 10.7. The molecule has 0 aliphatic heterocycles. The highest BCUT2D eigenvalue weighted by atomic mass is 32.2. The Bertz CT molecular complexity index is 569. The van der Waals surface area contributed by atoms with Crippen molar-refractivity contribution in [3.63, 3.8) is 0 Å². The van der Waals surface area contributed by atoms with Crippen molar-refractivity contribution in [2.75, 3.05) is 18.2 Å². The quantitative estimate of drug-likeness (QED) is 0.635. The van der Waals surface area contributed by atoms with Crippen molar-refractivity contribution >= 4 is 44.9 Å². The predicted molar refractivity (Wildman–Crippen MR) is 81.0 cm³/mol. The number of benzene rings is 1. The van der Waals surface area contributed by atoms with E-state index in [-0.39, 0.29) is 12.5 Å². The van der Waals surface area contributed by atoms with Crippen LogP contribution in [0.4, 0.5) is 5.69 Å². The number of aliphatic hydroxyl groups excluding tert-OH is 1. The molecule has 0 spiro atoms. The van der Waals surface area contributed by atoms with Crippen LogP contribution >= 0.6 is 23.1 Å². The molecule has 4 nitrogen and oxygen atoms in total. The van der Waals surface area contributed by atoms with E-state index < -0.39 is 0 Å². The van der Waals surface area contributed by atoms with Crippen molar-refractivity contribution in [1.82, 2.24) is 4.98 Å². The van der Waals surface area contributed by atoms with Gasteiger partial charge in [0.1, 0.15) is 0 Å². The Kier molecular flexibility index (Phi) is 5.18. The van der Waals surface area contributed by atoms with E-state index in [1.54, 1.807) is 23.1 Å². The highest BCUT2D eigenvalue weighted by Crippen LogP contribution is 2.29. The lowest BCUT2D eigenvalue weighted by molar-refractivity contribution is -0.116. The van der Waals surface area contributed by atoms with Crippen LogP contribution in [0.5, 0.6) is 0 Å². The van der Waals surface area contributed by atoms with Gasteiger partial charge in [-0.1, -0.05) is 11.8 Å². The molecule has 102 valence electrons. The Hall–Kier alpha value is -1.11. The number of aliphatic hydroxyl groups is 1. The summed E-state index contributed by atoms with van der Waals surface area (Å²) in [7, 11) is 0. The molecule has 1 aromatic carbocycles. The topological polar surface area (TPSA) is 62.2 Å². The normalized spacial score (nSPS) is 10.8. The number of carbonyl (C=O) groups excluding carboxylic acids is 1. The first-order chi connectivity index (χ1) is 9.22. The average molecular weight is 296 g/mol. The third-order valence-electron chi connectivity index (χ3n) is 2.64. The molecular weight excluding hydrogens is 280 g/mol. The Morgan fingerprint density at radius 3 is 3.05 bits per heavy atom. The van der Waals surface area contributed by atoms with Crippen LogP contribution in [-0.2, 0) is 4.79 Å². The number of aromatic nitrogens is 1. The first-order valence-corrected chi connectivity index (χ1v) is 8.12. The van der Waals surface area contributed by atoms with Crippen LogP contribution in [0.1, 0.15) is 19.3 Å². The van der Waals surface area contributed by atoms with E-state index in [0.717, 1.165) is 20.2 Å². The highest BCUT2D eigenvalue weighted by molar-refractivity contribution is 8.00. The van der Waals surface area contributed by atoms with E-state index in [4.69, 9.17) is 5.11 Å². The molecule has 1 aromatic heterocycles. The van der Waals surface area contributed by atoms with E-state index in [2.05, 4.69) is 10.3 Å². The molecular formula is C13H16N2O2S2. The number of carbonyl (C=O) groups is 1. The van der Waals surface area contributed by atoms with E-state index in [1.807, 2.05) is 24.5 Å². The number of fused-ring (bicyclic) bond motifs is 1. The lowest BCUT2D eigenvalue weighted by Crippen LogP contribution is -2.11. The monoisotopic (exact) mass is 296 g/mol. The summed E-state index contributed by atoms with van der Waals surface area (Å²) < 4.78 is 2.11. The Balaban J connectivity index is 2.02. The van der Waals surface area contributed by atoms with Gasteiger partial charge in [0.15, 0.2) is 4.34 Å². The number of anilines is 1. The zero-order valence-corrected chi connectivity index (χ0v) is 12.3. The third kappa shape index (κ3) is 3.92. The molecule has 2 rings (SSSR count). The minimum atomic E-state index is -0.0117. The second kappa shape index (κ2) is 6.88. The van der Waals surface area contributed by atoms with Gasteiger partial charge in [-0.25, -0.2) is 4.98 Å². The van der Waals surface area contributed by atoms with Crippen molar-refractivity contribution in [1.29, 1.82) is 0 Å². The number of thioether (sulfide) groups is 1. The van der Waals surface area contributed by atoms with E-state index >= 15 is 0 Å². The molecule has 0 radical (unpaired) electrons. The van der Waals surface area contributed by atoms with Gasteiger partial charge in [-0.05, 0) is 37.3 Å². The second-order valence-corrected chi connectivity index (χ2v) is 6.18. The summed E-state index contributed by atoms with van der Waals surface area (Å²) in [5.74, 6) is -0.0117. The molecule has 2 N–H and O–H groups in total.